The fourth-order valence-electron chi connectivity index (χ4n) is 2.24. The molecular formula is C22H20IrNO2-. The Labute approximate surface area is 167 Å². The van der Waals surface area contributed by atoms with Crippen molar-refractivity contribution in [1.29, 1.82) is 0 Å². The molecule has 3 rings (SSSR count). The smallest absolute Gasteiger partial charge is 0.155 e. The molecule has 26 heavy (non-hydrogen) atoms. The van der Waals surface area contributed by atoms with Crippen LogP contribution in [0.1, 0.15) is 13.8 Å². The van der Waals surface area contributed by atoms with Gasteiger partial charge in [0.1, 0.15) is 0 Å². The van der Waals surface area contributed by atoms with Gasteiger partial charge in [-0.2, -0.15) is 0 Å². The molecule has 0 aliphatic heterocycles. The molecule has 4 heteroatoms. The standard InChI is InChI=1S/C17H12N.C5H8O2.Ir/c1-2-7-14(8-3-1)15-9-6-10-16(13-15)17-11-4-5-12-18-17;1-4(6)3-5(2)7;/h1-9,11-13H;3,6H,1-2H3;/q-1;;/b;4-3-;. The molecule has 0 aliphatic carbocycles. The largest absolute Gasteiger partial charge is 0.512 e. The first-order chi connectivity index (χ1) is 12.1. The van der Waals surface area contributed by atoms with Crippen LogP contribution in [0.4, 0.5) is 0 Å². The van der Waals surface area contributed by atoms with Crippen LogP contribution < -0.4 is 0 Å². The minimum absolute atomic E-state index is 0. The summed E-state index contributed by atoms with van der Waals surface area (Å²) in [5, 5.41) is 8.36. The Morgan fingerprint density at radius 2 is 1.69 bits per heavy atom. The number of carbonyl (C=O) groups is 1. The zero-order valence-electron chi connectivity index (χ0n) is 14.6. The average molecular weight is 523 g/mol. The van der Waals surface area contributed by atoms with Crippen LogP contribution in [-0.2, 0) is 24.9 Å². The van der Waals surface area contributed by atoms with Crippen LogP contribution in [-0.4, -0.2) is 15.9 Å². The number of ketones is 1. The molecule has 0 atom stereocenters. The van der Waals surface area contributed by atoms with E-state index in [0.717, 1.165) is 11.3 Å². The molecule has 0 saturated carbocycles. The molecule has 1 aromatic heterocycles. The van der Waals surface area contributed by atoms with Gasteiger partial charge in [-0.1, -0.05) is 42.5 Å². The van der Waals surface area contributed by atoms with E-state index in [1.54, 1.807) is 6.20 Å². The predicted molar refractivity (Wildman–Crippen MR) is 101 cm³/mol. The van der Waals surface area contributed by atoms with Crippen molar-refractivity contribution in [2.45, 2.75) is 13.8 Å². The van der Waals surface area contributed by atoms with E-state index in [-0.39, 0.29) is 31.6 Å². The van der Waals surface area contributed by atoms with E-state index in [1.807, 2.05) is 42.5 Å². The van der Waals surface area contributed by atoms with Crippen molar-refractivity contribution in [2.24, 2.45) is 0 Å². The summed E-state index contributed by atoms with van der Waals surface area (Å²) in [6, 6.07) is 25.6. The number of aliphatic hydroxyl groups is 1. The van der Waals surface area contributed by atoms with Crippen LogP contribution >= 0.6 is 0 Å². The second-order valence-electron chi connectivity index (χ2n) is 5.47. The molecular weight excluding hydrogens is 502 g/mol. The second-order valence-corrected chi connectivity index (χ2v) is 5.47. The number of aliphatic hydroxyl groups excluding tert-OH is 1. The monoisotopic (exact) mass is 523 g/mol. The van der Waals surface area contributed by atoms with Gasteiger partial charge >= 0.3 is 0 Å². The van der Waals surface area contributed by atoms with Crippen molar-refractivity contribution in [3.05, 3.63) is 90.8 Å². The van der Waals surface area contributed by atoms with Gasteiger partial charge in [0, 0.05) is 32.4 Å². The van der Waals surface area contributed by atoms with Gasteiger partial charge in [-0.3, -0.25) is 4.79 Å². The first kappa shape index (κ1) is 21.5. The van der Waals surface area contributed by atoms with E-state index in [1.165, 1.54) is 31.1 Å². The van der Waals surface area contributed by atoms with Crippen LogP contribution in [0.25, 0.3) is 22.4 Å². The van der Waals surface area contributed by atoms with Crippen LogP contribution in [0.3, 0.4) is 0 Å². The number of nitrogens with zero attached hydrogens (tertiary/aromatic N) is 1. The Morgan fingerprint density at radius 3 is 2.23 bits per heavy atom. The molecule has 0 saturated heterocycles. The van der Waals surface area contributed by atoms with Crippen LogP contribution in [0.2, 0.25) is 0 Å². The normalized spacial score (nSPS) is 10.2. The molecule has 1 N–H and O–H groups in total. The van der Waals surface area contributed by atoms with Gasteiger partial charge in [-0.05, 0) is 31.2 Å². The fraction of sp³-hybridized carbons (Fsp3) is 0.0909. The summed E-state index contributed by atoms with van der Waals surface area (Å²) in [4.78, 5) is 14.4. The number of pyridine rings is 1. The quantitative estimate of drug-likeness (QED) is 0.290. The summed E-state index contributed by atoms with van der Waals surface area (Å²) >= 11 is 0. The SMILES string of the molecule is CC(=O)/C=C(/C)O.[Ir].[c-]1ccc(-c2ccccc2)cc1-c1ccccn1. The maximum atomic E-state index is 10.0. The number of aromatic nitrogens is 1. The van der Waals surface area contributed by atoms with Gasteiger partial charge in [-0.25, -0.2) is 0 Å². The van der Waals surface area contributed by atoms with Crippen molar-refractivity contribution >= 4 is 5.78 Å². The zero-order valence-corrected chi connectivity index (χ0v) is 17.0. The number of benzene rings is 2. The summed E-state index contributed by atoms with van der Waals surface area (Å²) in [7, 11) is 0. The Bertz CT molecular complexity index is 788. The summed E-state index contributed by atoms with van der Waals surface area (Å²) in [6.07, 6.45) is 2.97. The third-order valence-electron chi connectivity index (χ3n) is 3.26. The molecule has 0 fully saturated rings. The van der Waals surface area contributed by atoms with Gasteiger partial charge in [0.25, 0.3) is 0 Å². The number of hydrogen-bond donors (Lipinski definition) is 1. The summed E-state index contributed by atoms with van der Waals surface area (Å²) in [5.74, 6) is -0.0625. The Balaban J connectivity index is 0.000000366. The molecule has 1 radical (unpaired) electrons. The van der Waals surface area contributed by atoms with Crippen molar-refractivity contribution in [2.75, 3.05) is 0 Å². The van der Waals surface area contributed by atoms with E-state index in [0.29, 0.717) is 0 Å². The molecule has 0 unspecified atom stereocenters. The number of allylic oxidation sites excluding steroid dienone is 2. The van der Waals surface area contributed by atoms with Gasteiger partial charge < -0.3 is 10.1 Å². The van der Waals surface area contributed by atoms with Crippen molar-refractivity contribution < 1.29 is 30.0 Å². The average Bonchev–Trinajstić information content (AvgIpc) is 2.63. The van der Waals surface area contributed by atoms with Crippen LogP contribution in [0, 0.1) is 6.07 Å². The Kier molecular flexibility index (Phi) is 9.21. The summed E-state index contributed by atoms with van der Waals surface area (Å²) in [5.41, 5.74) is 4.38. The first-order valence-electron chi connectivity index (χ1n) is 7.92. The van der Waals surface area contributed by atoms with Gasteiger partial charge in [-0.15, -0.1) is 35.4 Å². The maximum Gasteiger partial charge on any atom is 0.155 e. The van der Waals surface area contributed by atoms with Gasteiger partial charge in [0.05, 0.1) is 5.76 Å². The number of rotatable bonds is 3. The minimum Gasteiger partial charge on any atom is -0.512 e. The minimum atomic E-state index is -0.125. The van der Waals surface area contributed by atoms with Gasteiger partial charge in [0.15, 0.2) is 5.78 Å². The molecule has 1 heterocycles. The molecule has 0 bridgehead atoms. The summed E-state index contributed by atoms with van der Waals surface area (Å²) in [6.45, 7) is 2.85. The molecule has 0 spiro atoms. The Morgan fingerprint density at radius 1 is 1.00 bits per heavy atom. The molecule has 3 nitrogen and oxygen atoms in total. The van der Waals surface area contributed by atoms with Crippen molar-refractivity contribution in [3.8, 4) is 22.4 Å². The van der Waals surface area contributed by atoms with Gasteiger partial charge in [0.2, 0.25) is 0 Å². The fourth-order valence-corrected chi connectivity index (χ4v) is 2.24. The van der Waals surface area contributed by atoms with E-state index in [9.17, 15) is 4.79 Å². The number of hydrogen-bond acceptors (Lipinski definition) is 3. The molecule has 0 amide bonds. The van der Waals surface area contributed by atoms with Crippen molar-refractivity contribution in [3.63, 3.8) is 0 Å². The third kappa shape index (κ3) is 7.14. The van der Waals surface area contributed by atoms with Crippen LogP contribution in [0.15, 0.2) is 84.8 Å². The van der Waals surface area contributed by atoms with E-state index in [2.05, 4.69) is 35.3 Å². The van der Waals surface area contributed by atoms with Crippen molar-refractivity contribution in [1.82, 2.24) is 4.98 Å². The van der Waals surface area contributed by atoms with E-state index in [4.69, 9.17) is 5.11 Å². The second kappa shape index (κ2) is 11.1. The Hall–Kier alpha value is -2.55. The van der Waals surface area contributed by atoms with E-state index < -0.39 is 0 Å². The van der Waals surface area contributed by atoms with E-state index >= 15 is 0 Å². The molecule has 0 aliphatic rings. The topological polar surface area (TPSA) is 50.2 Å². The first-order valence-corrected chi connectivity index (χ1v) is 7.92. The third-order valence-corrected chi connectivity index (χ3v) is 3.26. The molecule has 2 aromatic carbocycles. The maximum absolute atomic E-state index is 10.0. The molecule has 135 valence electrons. The zero-order chi connectivity index (χ0) is 18.1. The summed E-state index contributed by atoms with van der Waals surface area (Å²) < 4.78 is 0. The van der Waals surface area contributed by atoms with Crippen LogP contribution in [0.5, 0.6) is 0 Å². The molecule has 3 aromatic rings. The predicted octanol–water partition coefficient (Wildman–Crippen LogP) is 5.25. The number of carbonyl (C=O) groups excluding carboxylic acids is 1.